The van der Waals surface area contributed by atoms with Gasteiger partial charge in [-0.25, -0.2) is 4.39 Å². The molecular weight excluding hydrogens is 368 g/mol. The number of nitrogens with zero attached hydrogens (tertiary/aromatic N) is 1. The van der Waals surface area contributed by atoms with Gasteiger partial charge in [0.05, 0.1) is 27.5 Å². The van der Waals surface area contributed by atoms with Crippen molar-refractivity contribution in [2.24, 2.45) is 0 Å². The quantitative estimate of drug-likeness (QED) is 0.524. The van der Waals surface area contributed by atoms with Crippen LogP contribution >= 0.6 is 23.2 Å². The molecule has 2 aromatic heterocycles. The summed E-state index contributed by atoms with van der Waals surface area (Å²) in [6.07, 6.45) is 4.36. The first kappa shape index (κ1) is 17.1. The largest absolute Gasteiger partial charge is 0.356 e. The lowest BCUT2D eigenvalue weighted by Gasteiger charge is -2.05. The molecule has 5 nitrogen and oxygen atoms in total. The van der Waals surface area contributed by atoms with E-state index in [-0.39, 0.29) is 26.9 Å². The number of anilines is 1. The van der Waals surface area contributed by atoms with Crippen molar-refractivity contribution >= 4 is 40.6 Å². The highest BCUT2D eigenvalue weighted by Crippen LogP contribution is 2.28. The maximum absolute atomic E-state index is 14.1. The van der Waals surface area contributed by atoms with Crippen LogP contribution in [-0.4, -0.2) is 21.7 Å². The number of H-pyrrole nitrogens is 1. The highest BCUT2D eigenvalue weighted by Gasteiger charge is 2.22. The number of carbonyl (C=O) groups excluding carboxylic acids is 2. The minimum Gasteiger partial charge on any atom is -0.356 e. The Balaban J connectivity index is 1.85. The van der Waals surface area contributed by atoms with E-state index in [2.05, 4.69) is 15.3 Å². The van der Waals surface area contributed by atoms with Crippen molar-refractivity contribution in [2.45, 2.75) is 0 Å². The molecule has 0 atom stereocenters. The number of pyridine rings is 1. The van der Waals surface area contributed by atoms with Gasteiger partial charge in [-0.3, -0.25) is 14.6 Å². The number of hydrogen-bond donors (Lipinski definition) is 2. The number of halogens is 3. The Labute approximate surface area is 151 Å². The highest BCUT2D eigenvalue weighted by atomic mass is 35.5. The molecule has 126 valence electrons. The first-order chi connectivity index (χ1) is 12.0. The molecule has 0 radical (unpaired) electrons. The summed E-state index contributed by atoms with van der Waals surface area (Å²) in [6, 6.07) is 7.25. The predicted molar refractivity (Wildman–Crippen MR) is 92.8 cm³/mol. The number of rotatable bonds is 4. The van der Waals surface area contributed by atoms with Crippen LogP contribution in [0.1, 0.15) is 26.4 Å². The third-order valence-corrected chi connectivity index (χ3v) is 3.99. The molecule has 8 heteroatoms. The Morgan fingerprint density at radius 2 is 1.92 bits per heavy atom. The van der Waals surface area contributed by atoms with Crippen LogP contribution in [0.5, 0.6) is 0 Å². The monoisotopic (exact) mass is 377 g/mol. The van der Waals surface area contributed by atoms with E-state index in [1.54, 1.807) is 18.3 Å². The second-order valence-electron chi connectivity index (χ2n) is 5.05. The van der Waals surface area contributed by atoms with Gasteiger partial charge >= 0.3 is 0 Å². The number of amides is 1. The molecule has 0 unspecified atom stereocenters. The van der Waals surface area contributed by atoms with Gasteiger partial charge in [-0.2, -0.15) is 0 Å². The van der Waals surface area contributed by atoms with E-state index in [1.807, 2.05) is 0 Å². The van der Waals surface area contributed by atoms with Crippen molar-refractivity contribution in [1.29, 1.82) is 0 Å². The van der Waals surface area contributed by atoms with Crippen LogP contribution < -0.4 is 5.32 Å². The fourth-order valence-corrected chi connectivity index (χ4v) is 2.56. The van der Waals surface area contributed by atoms with E-state index >= 15 is 0 Å². The average Bonchev–Trinajstić information content (AvgIpc) is 3.09. The topological polar surface area (TPSA) is 74.8 Å². The molecule has 0 spiro atoms. The van der Waals surface area contributed by atoms with Crippen LogP contribution in [0.25, 0.3) is 0 Å². The predicted octanol–water partition coefficient (Wildman–Crippen LogP) is 4.34. The molecule has 0 saturated heterocycles. The number of hydrogen-bond acceptors (Lipinski definition) is 3. The highest BCUT2D eigenvalue weighted by molar-refractivity contribution is 6.37. The second-order valence-corrected chi connectivity index (χ2v) is 5.86. The van der Waals surface area contributed by atoms with Gasteiger partial charge in [-0.05, 0) is 30.3 Å². The SMILES string of the molecule is O=C(Nc1cccnc1)c1cc(C(=O)c2c(Cl)ccc(Cl)c2F)c[nH]1. The smallest absolute Gasteiger partial charge is 0.272 e. The minimum absolute atomic E-state index is 0.0607. The zero-order valence-corrected chi connectivity index (χ0v) is 14.0. The number of nitrogens with one attached hydrogen (secondary N) is 2. The Bertz CT molecular complexity index is 958. The summed E-state index contributed by atoms with van der Waals surface area (Å²) in [6.45, 7) is 0. The van der Waals surface area contributed by atoms with E-state index in [4.69, 9.17) is 23.2 Å². The number of aromatic nitrogens is 2. The zero-order valence-electron chi connectivity index (χ0n) is 12.5. The zero-order chi connectivity index (χ0) is 18.0. The van der Waals surface area contributed by atoms with E-state index in [0.29, 0.717) is 5.69 Å². The van der Waals surface area contributed by atoms with Crippen LogP contribution in [0.3, 0.4) is 0 Å². The third kappa shape index (κ3) is 3.55. The van der Waals surface area contributed by atoms with Crippen LogP contribution in [0.2, 0.25) is 10.0 Å². The number of aromatic amines is 1. The molecule has 0 aliphatic heterocycles. The van der Waals surface area contributed by atoms with Gasteiger partial charge in [-0.15, -0.1) is 0 Å². The molecule has 3 rings (SSSR count). The Kier molecular flexibility index (Phi) is 4.83. The number of carbonyl (C=O) groups is 2. The molecule has 0 bridgehead atoms. The molecular formula is C17H10Cl2FN3O2. The lowest BCUT2D eigenvalue weighted by molar-refractivity contribution is 0.102. The summed E-state index contributed by atoms with van der Waals surface area (Å²) in [5, 5.41) is 2.35. The van der Waals surface area contributed by atoms with E-state index in [9.17, 15) is 14.0 Å². The normalized spacial score (nSPS) is 10.5. The molecule has 2 heterocycles. The fourth-order valence-electron chi connectivity index (χ4n) is 2.17. The Morgan fingerprint density at radius 1 is 1.16 bits per heavy atom. The molecule has 0 aliphatic carbocycles. The minimum atomic E-state index is -0.901. The summed E-state index contributed by atoms with van der Waals surface area (Å²) in [4.78, 5) is 31.2. The van der Waals surface area contributed by atoms with Crippen LogP contribution in [0.15, 0.2) is 48.9 Å². The molecule has 0 fully saturated rings. The number of ketones is 1. The van der Waals surface area contributed by atoms with Crippen molar-refractivity contribution < 1.29 is 14.0 Å². The standard InChI is InChI=1S/C17H10Cl2FN3O2/c18-11-3-4-12(19)15(20)14(11)16(24)9-6-13(22-7-9)17(25)23-10-2-1-5-21-8-10/h1-8,22H,(H,23,25). The summed E-state index contributed by atoms with van der Waals surface area (Å²) in [7, 11) is 0. The summed E-state index contributed by atoms with van der Waals surface area (Å²) >= 11 is 11.6. The molecule has 1 amide bonds. The summed E-state index contributed by atoms with van der Waals surface area (Å²) in [5.74, 6) is -2.05. The fraction of sp³-hybridized carbons (Fsp3) is 0. The maximum Gasteiger partial charge on any atom is 0.272 e. The molecule has 1 aromatic carbocycles. The second kappa shape index (κ2) is 7.04. The van der Waals surface area contributed by atoms with Crippen molar-refractivity contribution in [2.75, 3.05) is 5.32 Å². The van der Waals surface area contributed by atoms with Crippen molar-refractivity contribution in [3.05, 3.63) is 81.6 Å². The van der Waals surface area contributed by atoms with Gasteiger partial charge in [0, 0.05) is 18.0 Å². The van der Waals surface area contributed by atoms with Gasteiger partial charge in [0.25, 0.3) is 5.91 Å². The van der Waals surface area contributed by atoms with Crippen molar-refractivity contribution in [3.8, 4) is 0 Å². The van der Waals surface area contributed by atoms with Gasteiger partial charge in [-0.1, -0.05) is 23.2 Å². The van der Waals surface area contributed by atoms with Crippen LogP contribution in [-0.2, 0) is 0 Å². The average molecular weight is 378 g/mol. The van der Waals surface area contributed by atoms with Gasteiger partial charge in [0.15, 0.2) is 11.6 Å². The van der Waals surface area contributed by atoms with Gasteiger partial charge in [0.1, 0.15) is 5.69 Å². The third-order valence-electron chi connectivity index (χ3n) is 3.38. The molecule has 0 saturated carbocycles. The summed E-state index contributed by atoms with van der Waals surface area (Å²) in [5.41, 5.74) is 0.372. The molecule has 2 N–H and O–H groups in total. The first-order valence-corrected chi connectivity index (χ1v) is 7.81. The lowest BCUT2D eigenvalue weighted by Crippen LogP contribution is -2.12. The molecule has 25 heavy (non-hydrogen) atoms. The van der Waals surface area contributed by atoms with E-state index in [1.165, 1.54) is 30.6 Å². The molecule has 0 aliphatic rings. The lowest BCUT2D eigenvalue weighted by atomic mass is 10.0. The van der Waals surface area contributed by atoms with Gasteiger partial charge < -0.3 is 10.3 Å². The maximum atomic E-state index is 14.1. The van der Waals surface area contributed by atoms with Crippen molar-refractivity contribution in [3.63, 3.8) is 0 Å². The molecule has 3 aromatic rings. The van der Waals surface area contributed by atoms with Crippen LogP contribution in [0.4, 0.5) is 10.1 Å². The van der Waals surface area contributed by atoms with E-state index < -0.39 is 17.5 Å². The van der Waals surface area contributed by atoms with Gasteiger partial charge in [0.2, 0.25) is 0 Å². The summed E-state index contributed by atoms with van der Waals surface area (Å²) < 4.78 is 14.1. The first-order valence-electron chi connectivity index (χ1n) is 7.05. The van der Waals surface area contributed by atoms with Crippen molar-refractivity contribution in [1.82, 2.24) is 9.97 Å². The Morgan fingerprint density at radius 3 is 2.64 bits per heavy atom. The van der Waals surface area contributed by atoms with E-state index in [0.717, 1.165) is 0 Å². The number of benzene rings is 1. The van der Waals surface area contributed by atoms with Crippen LogP contribution in [0, 0.1) is 5.82 Å². The Hall–Kier alpha value is -2.70.